The molecule has 0 saturated carbocycles. The van der Waals surface area contributed by atoms with E-state index >= 15 is 0 Å². The fraction of sp³-hybridized carbons (Fsp3) is 0.120. The minimum Gasteiger partial charge on any atom is -0.455 e. The molecule has 0 aliphatic rings. The summed E-state index contributed by atoms with van der Waals surface area (Å²) in [5, 5.41) is 6.65. The summed E-state index contributed by atoms with van der Waals surface area (Å²) in [6, 6.07) is 14.0. The summed E-state index contributed by atoms with van der Waals surface area (Å²) in [6.45, 7) is 3.30. The smallest absolute Gasteiger partial charge is 0.416 e. The predicted molar refractivity (Wildman–Crippen MR) is 123 cm³/mol. The number of pyridine rings is 1. The summed E-state index contributed by atoms with van der Waals surface area (Å²) >= 11 is 0. The number of halogens is 3. The molecule has 4 aromatic rings. The van der Waals surface area contributed by atoms with Crippen molar-refractivity contribution in [3.63, 3.8) is 0 Å². The Morgan fingerprint density at radius 2 is 1.83 bits per heavy atom. The Kier molecular flexibility index (Phi) is 6.37. The Hall–Kier alpha value is -4.47. The number of aromatic nitrogens is 3. The van der Waals surface area contributed by atoms with Crippen LogP contribution in [0.15, 0.2) is 77.9 Å². The minimum absolute atomic E-state index is 0.0686. The minimum atomic E-state index is -4.55. The molecule has 2 aromatic carbocycles. The summed E-state index contributed by atoms with van der Waals surface area (Å²) in [7, 11) is 0. The van der Waals surface area contributed by atoms with Crippen LogP contribution >= 0.6 is 0 Å². The Balaban J connectivity index is 1.60. The standard InChI is InChI=1S/C25H19F3N4O3/c1-15-11-18(8-9-22(15)35-20-7-4-10-29-14-20)30-24(34)23-21(33)12-16(2)32(31-23)19-6-3-5-17(13-19)25(26,27)28/h3-14H,1-2H3,(H,30,34). The maximum atomic E-state index is 13.1. The molecular formula is C25H19F3N4O3. The van der Waals surface area contributed by atoms with E-state index < -0.39 is 28.8 Å². The Morgan fingerprint density at radius 1 is 1.03 bits per heavy atom. The molecule has 2 aromatic heterocycles. The number of nitrogens with zero attached hydrogens (tertiary/aromatic N) is 3. The van der Waals surface area contributed by atoms with E-state index in [0.29, 0.717) is 22.7 Å². The number of benzene rings is 2. The van der Waals surface area contributed by atoms with Gasteiger partial charge in [0, 0.05) is 23.6 Å². The van der Waals surface area contributed by atoms with E-state index in [4.69, 9.17) is 4.74 Å². The van der Waals surface area contributed by atoms with Crippen molar-refractivity contribution in [2.24, 2.45) is 0 Å². The van der Waals surface area contributed by atoms with E-state index in [1.165, 1.54) is 19.1 Å². The van der Waals surface area contributed by atoms with Gasteiger partial charge < -0.3 is 10.1 Å². The van der Waals surface area contributed by atoms with E-state index in [1.807, 2.05) is 0 Å². The zero-order chi connectivity index (χ0) is 25.2. The zero-order valence-corrected chi connectivity index (χ0v) is 18.6. The van der Waals surface area contributed by atoms with E-state index in [9.17, 15) is 22.8 Å². The van der Waals surface area contributed by atoms with Crippen LogP contribution in [0.5, 0.6) is 11.5 Å². The number of anilines is 1. The lowest BCUT2D eigenvalue weighted by atomic mass is 10.2. The normalized spacial score (nSPS) is 11.2. The van der Waals surface area contributed by atoms with Gasteiger partial charge in [0.2, 0.25) is 5.43 Å². The van der Waals surface area contributed by atoms with Crippen molar-refractivity contribution in [3.8, 4) is 17.2 Å². The van der Waals surface area contributed by atoms with Crippen LogP contribution in [0, 0.1) is 13.8 Å². The topological polar surface area (TPSA) is 86.1 Å². The largest absolute Gasteiger partial charge is 0.455 e. The maximum absolute atomic E-state index is 13.1. The van der Waals surface area contributed by atoms with Crippen LogP contribution in [-0.2, 0) is 6.18 Å². The molecule has 0 atom stereocenters. The third kappa shape index (κ3) is 5.37. The van der Waals surface area contributed by atoms with Crippen LogP contribution in [0.3, 0.4) is 0 Å². The van der Waals surface area contributed by atoms with Crippen molar-refractivity contribution in [1.29, 1.82) is 0 Å². The fourth-order valence-electron chi connectivity index (χ4n) is 3.35. The molecule has 0 spiro atoms. The first-order valence-electron chi connectivity index (χ1n) is 10.4. The molecule has 1 N–H and O–H groups in total. The van der Waals surface area contributed by atoms with Crippen molar-refractivity contribution in [1.82, 2.24) is 14.8 Å². The molecule has 2 heterocycles. The summed E-state index contributed by atoms with van der Waals surface area (Å²) in [5.41, 5.74) is -0.538. The molecule has 4 rings (SSSR count). The number of alkyl halides is 3. The van der Waals surface area contributed by atoms with E-state index in [-0.39, 0.29) is 11.4 Å². The first-order chi connectivity index (χ1) is 16.6. The number of carbonyl (C=O) groups is 1. The van der Waals surface area contributed by atoms with Gasteiger partial charge in [-0.15, -0.1) is 0 Å². The van der Waals surface area contributed by atoms with Crippen molar-refractivity contribution in [2.45, 2.75) is 20.0 Å². The average molecular weight is 480 g/mol. The highest BCUT2D eigenvalue weighted by Crippen LogP contribution is 2.30. The number of hydrogen-bond acceptors (Lipinski definition) is 5. The van der Waals surface area contributed by atoms with Crippen molar-refractivity contribution in [2.75, 3.05) is 5.32 Å². The Bertz CT molecular complexity index is 1450. The molecule has 35 heavy (non-hydrogen) atoms. The molecule has 0 bridgehead atoms. The first kappa shape index (κ1) is 23.7. The molecule has 7 nitrogen and oxygen atoms in total. The maximum Gasteiger partial charge on any atom is 0.416 e. The summed E-state index contributed by atoms with van der Waals surface area (Å²) in [4.78, 5) is 29.3. The molecule has 1 amide bonds. The summed E-state index contributed by atoms with van der Waals surface area (Å²) < 4.78 is 46.3. The summed E-state index contributed by atoms with van der Waals surface area (Å²) in [5.74, 6) is 0.304. The second-order valence-electron chi connectivity index (χ2n) is 7.68. The molecule has 0 radical (unpaired) electrons. The molecule has 0 fully saturated rings. The van der Waals surface area contributed by atoms with Crippen LogP contribution < -0.4 is 15.5 Å². The van der Waals surface area contributed by atoms with Crippen LogP contribution in [0.4, 0.5) is 18.9 Å². The number of rotatable bonds is 5. The fourth-order valence-corrected chi connectivity index (χ4v) is 3.35. The lowest BCUT2D eigenvalue weighted by molar-refractivity contribution is -0.137. The van der Waals surface area contributed by atoms with Gasteiger partial charge in [0.25, 0.3) is 5.91 Å². The van der Waals surface area contributed by atoms with Gasteiger partial charge in [-0.25, -0.2) is 4.68 Å². The SMILES string of the molecule is Cc1cc(NC(=O)c2nn(-c3cccc(C(F)(F)F)c3)c(C)cc2=O)ccc1Oc1cccnc1. The number of nitrogens with one attached hydrogen (secondary N) is 1. The molecule has 10 heteroatoms. The van der Waals surface area contributed by atoms with Gasteiger partial charge in [0.05, 0.1) is 17.4 Å². The Labute approximate surface area is 197 Å². The Morgan fingerprint density at radius 3 is 2.51 bits per heavy atom. The number of hydrogen-bond donors (Lipinski definition) is 1. The van der Waals surface area contributed by atoms with Crippen LogP contribution in [0.1, 0.15) is 27.3 Å². The lowest BCUT2D eigenvalue weighted by Crippen LogP contribution is -2.27. The highest BCUT2D eigenvalue weighted by atomic mass is 19.4. The molecule has 178 valence electrons. The molecule has 0 unspecified atom stereocenters. The monoisotopic (exact) mass is 480 g/mol. The van der Waals surface area contributed by atoms with Crippen LogP contribution in [0.2, 0.25) is 0 Å². The van der Waals surface area contributed by atoms with Crippen molar-refractivity contribution < 1.29 is 22.7 Å². The zero-order valence-electron chi connectivity index (χ0n) is 18.6. The number of amides is 1. The summed E-state index contributed by atoms with van der Waals surface area (Å²) in [6.07, 6.45) is -1.36. The average Bonchev–Trinajstić information content (AvgIpc) is 2.81. The molecular weight excluding hydrogens is 461 g/mol. The van der Waals surface area contributed by atoms with Gasteiger partial charge in [0.15, 0.2) is 5.69 Å². The van der Waals surface area contributed by atoms with Crippen molar-refractivity contribution in [3.05, 3.63) is 106 Å². The second-order valence-corrected chi connectivity index (χ2v) is 7.68. The van der Waals surface area contributed by atoms with Gasteiger partial charge in [-0.1, -0.05) is 6.07 Å². The quantitative estimate of drug-likeness (QED) is 0.419. The van der Waals surface area contributed by atoms with E-state index in [0.717, 1.165) is 22.9 Å². The molecule has 0 saturated heterocycles. The van der Waals surface area contributed by atoms with Gasteiger partial charge >= 0.3 is 6.18 Å². The third-order valence-electron chi connectivity index (χ3n) is 5.04. The van der Waals surface area contributed by atoms with Crippen molar-refractivity contribution >= 4 is 11.6 Å². The third-order valence-corrected chi connectivity index (χ3v) is 5.04. The highest BCUT2D eigenvalue weighted by Gasteiger charge is 2.30. The van der Waals surface area contributed by atoms with Crippen LogP contribution in [-0.4, -0.2) is 20.7 Å². The van der Waals surface area contributed by atoms with Gasteiger partial charge in [-0.3, -0.25) is 14.6 Å². The van der Waals surface area contributed by atoms with E-state index in [1.54, 1.807) is 49.6 Å². The predicted octanol–water partition coefficient (Wildman–Crippen LogP) is 5.31. The molecule has 0 aliphatic carbocycles. The second kappa shape index (κ2) is 9.41. The van der Waals surface area contributed by atoms with Gasteiger partial charge in [0.1, 0.15) is 11.5 Å². The number of carbonyl (C=O) groups excluding carboxylic acids is 1. The number of aryl methyl sites for hydroxylation is 2. The molecule has 0 aliphatic heterocycles. The highest BCUT2D eigenvalue weighted by molar-refractivity contribution is 6.02. The first-order valence-corrected chi connectivity index (χ1v) is 10.4. The van der Waals surface area contributed by atoms with Gasteiger partial charge in [-0.2, -0.15) is 18.3 Å². The van der Waals surface area contributed by atoms with E-state index in [2.05, 4.69) is 15.4 Å². The van der Waals surface area contributed by atoms with Crippen LogP contribution in [0.25, 0.3) is 5.69 Å². The lowest BCUT2D eigenvalue weighted by Gasteiger charge is -2.14. The number of ether oxygens (including phenoxy) is 1. The van der Waals surface area contributed by atoms with Gasteiger partial charge in [-0.05, 0) is 67.9 Å².